The number of rotatable bonds is 4. The Morgan fingerprint density at radius 3 is 2.16 bits per heavy atom. The third-order valence-electron chi connectivity index (χ3n) is 9.68. The molecular weight excluding hydrogens is 615 g/mol. The molecule has 0 bridgehead atoms. The van der Waals surface area contributed by atoms with E-state index < -0.39 is 0 Å². The van der Waals surface area contributed by atoms with Crippen LogP contribution in [0.5, 0.6) is 0 Å². The summed E-state index contributed by atoms with van der Waals surface area (Å²) in [5.41, 5.74) is 8.91. The number of hydrogen-bond donors (Lipinski definition) is 1. The van der Waals surface area contributed by atoms with Gasteiger partial charge in [0, 0.05) is 41.7 Å². The van der Waals surface area contributed by atoms with Crippen molar-refractivity contribution in [2.24, 2.45) is 4.99 Å². The van der Waals surface area contributed by atoms with Crippen molar-refractivity contribution in [3.63, 3.8) is 0 Å². The molecule has 10 rings (SSSR count). The van der Waals surface area contributed by atoms with Gasteiger partial charge in [-0.05, 0) is 45.8 Å². The third kappa shape index (κ3) is 4.64. The molecule has 4 heteroatoms. The van der Waals surface area contributed by atoms with E-state index in [2.05, 4.69) is 163 Å². The van der Waals surface area contributed by atoms with Crippen molar-refractivity contribution in [2.45, 2.75) is 6.17 Å². The van der Waals surface area contributed by atoms with E-state index in [1.807, 2.05) is 17.4 Å². The second kappa shape index (κ2) is 11.3. The molecule has 1 atom stereocenters. The molecule has 7 aromatic carbocycles. The molecule has 0 spiro atoms. The van der Waals surface area contributed by atoms with E-state index in [1.54, 1.807) is 0 Å². The molecule has 0 saturated carbocycles. The molecule has 9 aromatic rings. The lowest BCUT2D eigenvalue weighted by Crippen LogP contribution is -2.39. The highest BCUT2D eigenvalue weighted by Crippen LogP contribution is 2.44. The van der Waals surface area contributed by atoms with Crippen molar-refractivity contribution in [3.8, 4) is 22.4 Å². The highest BCUT2D eigenvalue weighted by molar-refractivity contribution is 7.26. The van der Waals surface area contributed by atoms with Gasteiger partial charge in [0.15, 0.2) is 0 Å². The molecule has 230 valence electrons. The first kappa shape index (κ1) is 28.0. The Morgan fingerprint density at radius 2 is 1.27 bits per heavy atom. The largest absolute Gasteiger partial charge is 0.359 e. The second-order valence-electron chi connectivity index (χ2n) is 12.6. The van der Waals surface area contributed by atoms with Crippen molar-refractivity contribution in [1.29, 1.82) is 0 Å². The van der Waals surface area contributed by atoms with Gasteiger partial charge in [-0.3, -0.25) is 4.99 Å². The average molecular weight is 644 g/mol. The highest BCUT2D eigenvalue weighted by atomic mass is 32.1. The van der Waals surface area contributed by atoms with E-state index in [0.29, 0.717) is 0 Å². The van der Waals surface area contributed by atoms with E-state index in [4.69, 9.17) is 9.98 Å². The van der Waals surface area contributed by atoms with Crippen molar-refractivity contribution in [3.05, 3.63) is 185 Å². The van der Waals surface area contributed by atoms with E-state index >= 15 is 0 Å². The first-order valence-electron chi connectivity index (χ1n) is 16.6. The van der Waals surface area contributed by atoms with Crippen molar-refractivity contribution in [1.82, 2.24) is 10.3 Å². The first-order chi connectivity index (χ1) is 24.3. The maximum atomic E-state index is 5.47. The molecule has 1 unspecified atom stereocenters. The smallest absolute Gasteiger partial charge is 0.145 e. The lowest BCUT2D eigenvalue weighted by atomic mass is 9.96. The summed E-state index contributed by atoms with van der Waals surface area (Å²) in [6, 6.07) is 58.3. The summed E-state index contributed by atoms with van der Waals surface area (Å²) in [5, 5.41) is 11.9. The fourth-order valence-electron chi connectivity index (χ4n) is 7.30. The number of thiophene rings is 1. The van der Waals surface area contributed by atoms with Gasteiger partial charge >= 0.3 is 0 Å². The van der Waals surface area contributed by atoms with Gasteiger partial charge in [-0.25, -0.2) is 4.98 Å². The summed E-state index contributed by atoms with van der Waals surface area (Å²) < 4.78 is 2.57. The summed E-state index contributed by atoms with van der Waals surface area (Å²) >= 11 is 1.86. The Bertz CT molecular complexity index is 2850. The predicted molar refractivity (Wildman–Crippen MR) is 205 cm³/mol. The van der Waals surface area contributed by atoms with Crippen LogP contribution in [0.25, 0.3) is 69.9 Å². The molecule has 3 nitrogen and oxygen atoms in total. The summed E-state index contributed by atoms with van der Waals surface area (Å²) in [4.78, 5) is 10.5. The Kier molecular flexibility index (Phi) is 6.42. The Morgan fingerprint density at radius 1 is 0.531 bits per heavy atom. The van der Waals surface area contributed by atoms with Gasteiger partial charge in [-0.2, -0.15) is 0 Å². The van der Waals surface area contributed by atoms with Crippen LogP contribution in [0.15, 0.2) is 169 Å². The standard InChI is InChI=1S/C45H29N3S/c1-2-12-31(13-3-1)45-46-38-19-8-6-17-35(38)41(48-45)30-23-21-28(22-24-30)32-14-10-15-33(27-32)42-40-36-18-7-9-20-39(36)49-44(40)37-26-25-29-11-4-5-16-34(29)43(37)47-42/h1-27,45,48H. The van der Waals surface area contributed by atoms with Gasteiger partial charge < -0.3 is 5.32 Å². The van der Waals surface area contributed by atoms with Gasteiger partial charge in [0.2, 0.25) is 0 Å². The lowest BCUT2D eigenvalue weighted by Gasteiger charge is -2.23. The van der Waals surface area contributed by atoms with Crippen LogP contribution < -0.4 is 15.9 Å². The van der Waals surface area contributed by atoms with Crippen LogP contribution >= 0.6 is 11.3 Å². The molecule has 0 fully saturated rings. The van der Waals surface area contributed by atoms with Gasteiger partial charge in [-0.1, -0.05) is 146 Å². The minimum Gasteiger partial charge on any atom is -0.359 e. The number of nitrogens with zero attached hydrogens (tertiary/aromatic N) is 2. The number of para-hydroxylation sites is 1. The van der Waals surface area contributed by atoms with Crippen molar-refractivity contribution in [2.75, 3.05) is 0 Å². The van der Waals surface area contributed by atoms with Crippen molar-refractivity contribution >= 4 is 58.9 Å². The minimum atomic E-state index is -0.140. The van der Waals surface area contributed by atoms with E-state index in [9.17, 15) is 0 Å². The molecular formula is C45H29N3S. The van der Waals surface area contributed by atoms with Gasteiger partial charge in [0.1, 0.15) is 6.17 Å². The van der Waals surface area contributed by atoms with Crippen LogP contribution in [-0.2, 0) is 0 Å². The molecule has 49 heavy (non-hydrogen) atoms. The van der Waals surface area contributed by atoms with Crippen LogP contribution in [0.3, 0.4) is 0 Å². The molecule has 2 aromatic heterocycles. The molecule has 0 saturated heterocycles. The summed E-state index contributed by atoms with van der Waals surface area (Å²) in [7, 11) is 0. The molecule has 1 aliphatic rings. The van der Waals surface area contributed by atoms with E-state index in [1.165, 1.54) is 36.3 Å². The number of fused-ring (bicyclic) bond motifs is 8. The highest BCUT2D eigenvalue weighted by Gasteiger charge is 2.19. The number of hydrogen-bond acceptors (Lipinski definition) is 4. The fraction of sp³-hybridized carbons (Fsp3) is 0.0222. The number of nitrogens with one attached hydrogen (secondary N) is 1. The molecule has 0 radical (unpaired) electrons. The molecule has 0 amide bonds. The quantitative estimate of drug-likeness (QED) is 0.194. The maximum Gasteiger partial charge on any atom is 0.145 e. The Hall–Kier alpha value is -6.10. The molecule has 1 N–H and O–H groups in total. The summed E-state index contributed by atoms with van der Waals surface area (Å²) in [6.07, 6.45) is -0.140. The topological polar surface area (TPSA) is 37.3 Å². The number of pyridine rings is 1. The Balaban J connectivity index is 1.10. The molecule has 1 aliphatic heterocycles. The zero-order valence-electron chi connectivity index (χ0n) is 26.5. The van der Waals surface area contributed by atoms with Crippen LogP contribution in [0, 0.1) is 0 Å². The van der Waals surface area contributed by atoms with Gasteiger partial charge in [0.05, 0.1) is 22.3 Å². The zero-order chi connectivity index (χ0) is 32.3. The summed E-state index contributed by atoms with van der Waals surface area (Å²) in [6.45, 7) is 0. The molecule has 0 aliphatic carbocycles. The van der Waals surface area contributed by atoms with Gasteiger partial charge in [0.25, 0.3) is 0 Å². The predicted octanol–water partition coefficient (Wildman–Crippen LogP) is 10.2. The third-order valence-corrected chi connectivity index (χ3v) is 10.9. The Labute approximate surface area is 287 Å². The van der Waals surface area contributed by atoms with Crippen molar-refractivity contribution < 1.29 is 0 Å². The number of aromatic nitrogens is 1. The number of benzene rings is 7. The SMILES string of the molecule is c1ccc(C2N=c3ccccc3=C(c3ccc(-c4cccc(-c5nc6c7ccccc7ccc6c6sc7ccccc7c56)c4)cc3)N2)cc1. The lowest BCUT2D eigenvalue weighted by molar-refractivity contribution is 0.634. The van der Waals surface area contributed by atoms with Crippen LogP contribution in [0.2, 0.25) is 0 Å². The van der Waals surface area contributed by atoms with E-state index in [0.717, 1.165) is 55.3 Å². The fourth-order valence-corrected chi connectivity index (χ4v) is 8.53. The molecule has 3 heterocycles. The monoisotopic (exact) mass is 643 g/mol. The average Bonchev–Trinajstić information content (AvgIpc) is 3.57. The second-order valence-corrected chi connectivity index (χ2v) is 13.6. The maximum absolute atomic E-state index is 5.47. The van der Waals surface area contributed by atoms with Gasteiger partial charge in [-0.15, -0.1) is 11.3 Å². The summed E-state index contributed by atoms with van der Waals surface area (Å²) in [5.74, 6) is 0. The van der Waals surface area contributed by atoms with Crippen LogP contribution in [0.1, 0.15) is 17.3 Å². The first-order valence-corrected chi connectivity index (χ1v) is 17.4. The van der Waals surface area contributed by atoms with E-state index in [-0.39, 0.29) is 6.17 Å². The van der Waals surface area contributed by atoms with Crippen LogP contribution in [-0.4, -0.2) is 4.98 Å². The zero-order valence-corrected chi connectivity index (χ0v) is 27.3. The normalized spacial score (nSPS) is 14.2. The minimum absolute atomic E-state index is 0.140. The van der Waals surface area contributed by atoms with Crippen LogP contribution in [0.4, 0.5) is 0 Å².